The van der Waals surface area contributed by atoms with E-state index < -0.39 is 0 Å². The first-order valence-corrected chi connectivity index (χ1v) is 7.00. The summed E-state index contributed by atoms with van der Waals surface area (Å²) in [4.78, 5) is 1.28. The Balaban J connectivity index is 0.000000514. The summed E-state index contributed by atoms with van der Waals surface area (Å²) >= 11 is 1.72. The van der Waals surface area contributed by atoms with Crippen LogP contribution in [0, 0.1) is 0 Å². The third-order valence-electron chi connectivity index (χ3n) is 2.75. The minimum Gasteiger partial charge on any atom is -0.222 e. The SMILES string of the molecule is CC.CC(C)c1c2ccccc2n2ncsc12. The number of fused-ring (bicyclic) bond motifs is 3. The molecule has 0 spiro atoms. The Labute approximate surface area is 106 Å². The number of nitrogens with zero attached hydrogens (tertiary/aromatic N) is 2. The summed E-state index contributed by atoms with van der Waals surface area (Å²) in [5.41, 5.74) is 4.55. The summed E-state index contributed by atoms with van der Waals surface area (Å²) in [6, 6.07) is 8.48. The molecule has 0 saturated carbocycles. The fourth-order valence-electron chi connectivity index (χ4n) is 2.13. The van der Waals surface area contributed by atoms with E-state index in [-0.39, 0.29) is 0 Å². The molecule has 0 amide bonds. The molecule has 0 aliphatic rings. The fraction of sp³-hybridized carbons (Fsp3) is 0.357. The van der Waals surface area contributed by atoms with E-state index in [9.17, 15) is 0 Å². The number of hydrogen-bond acceptors (Lipinski definition) is 2. The zero-order chi connectivity index (χ0) is 12.4. The lowest BCUT2D eigenvalue weighted by atomic mass is 10.0. The summed E-state index contributed by atoms with van der Waals surface area (Å²) < 4.78 is 2.05. The van der Waals surface area contributed by atoms with Gasteiger partial charge in [0, 0.05) is 10.9 Å². The third kappa shape index (κ3) is 1.84. The molecule has 90 valence electrons. The van der Waals surface area contributed by atoms with Crippen LogP contribution in [-0.2, 0) is 0 Å². The van der Waals surface area contributed by atoms with Gasteiger partial charge < -0.3 is 0 Å². The van der Waals surface area contributed by atoms with Crippen molar-refractivity contribution in [1.29, 1.82) is 0 Å². The molecule has 0 aliphatic heterocycles. The van der Waals surface area contributed by atoms with Gasteiger partial charge in [0.25, 0.3) is 0 Å². The molecule has 2 aromatic heterocycles. The molecule has 0 atom stereocenters. The molecule has 0 radical (unpaired) electrons. The quantitative estimate of drug-likeness (QED) is 0.608. The van der Waals surface area contributed by atoms with Crippen LogP contribution in [0.2, 0.25) is 0 Å². The van der Waals surface area contributed by atoms with E-state index in [2.05, 4.69) is 47.7 Å². The van der Waals surface area contributed by atoms with E-state index in [1.54, 1.807) is 11.3 Å². The van der Waals surface area contributed by atoms with Crippen LogP contribution in [0.15, 0.2) is 29.8 Å². The van der Waals surface area contributed by atoms with Crippen molar-refractivity contribution in [3.05, 3.63) is 35.3 Å². The predicted molar refractivity (Wildman–Crippen MR) is 76.0 cm³/mol. The van der Waals surface area contributed by atoms with Crippen molar-refractivity contribution >= 4 is 27.1 Å². The monoisotopic (exact) mass is 246 g/mol. The second-order valence-corrected chi connectivity index (χ2v) is 4.87. The van der Waals surface area contributed by atoms with Gasteiger partial charge in [-0.25, -0.2) is 4.52 Å². The molecule has 1 aromatic carbocycles. The van der Waals surface area contributed by atoms with Gasteiger partial charge in [0.2, 0.25) is 0 Å². The molecule has 0 unspecified atom stereocenters. The van der Waals surface area contributed by atoms with Crippen molar-refractivity contribution in [3.8, 4) is 0 Å². The number of hydrogen-bond donors (Lipinski definition) is 0. The highest BCUT2D eigenvalue weighted by molar-refractivity contribution is 7.15. The minimum atomic E-state index is 0.542. The Morgan fingerprint density at radius 1 is 1.18 bits per heavy atom. The maximum atomic E-state index is 4.39. The summed E-state index contributed by atoms with van der Waals surface area (Å²) in [5, 5.41) is 5.72. The van der Waals surface area contributed by atoms with Gasteiger partial charge in [0.15, 0.2) is 0 Å². The van der Waals surface area contributed by atoms with Gasteiger partial charge in [-0.05, 0) is 12.0 Å². The Morgan fingerprint density at radius 3 is 2.59 bits per heavy atom. The number of benzene rings is 1. The molecule has 3 aromatic rings. The molecule has 2 nitrogen and oxygen atoms in total. The lowest BCUT2D eigenvalue weighted by Crippen LogP contribution is -1.84. The van der Waals surface area contributed by atoms with Crippen LogP contribution in [0.3, 0.4) is 0 Å². The van der Waals surface area contributed by atoms with Crippen molar-refractivity contribution in [2.24, 2.45) is 0 Å². The van der Waals surface area contributed by atoms with E-state index in [0.717, 1.165) is 0 Å². The van der Waals surface area contributed by atoms with E-state index in [4.69, 9.17) is 0 Å². The first-order chi connectivity index (χ1) is 8.29. The second kappa shape index (κ2) is 4.88. The Morgan fingerprint density at radius 2 is 1.88 bits per heavy atom. The molecule has 2 heterocycles. The Hall–Kier alpha value is -1.35. The molecule has 0 saturated heterocycles. The Bertz CT molecular complexity index is 619. The van der Waals surface area contributed by atoms with Crippen molar-refractivity contribution in [2.45, 2.75) is 33.6 Å². The normalized spacial score (nSPS) is 10.9. The van der Waals surface area contributed by atoms with E-state index in [0.29, 0.717) is 5.92 Å². The maximum absolute atomic E-state index is 4.39. The summed E-state index contributed by atoms with van der Waals surface area (Å²) in [5.74, 6) is 0.542. The van der Waals surface area contributed by atoms with Crippen LogP contribution in [-0.4, -0.2) is 9.61 Å². The largest absolute Gasteiger partial charge is 0.222 e. The zero-order valence-corrected chi connectivity index (χ0v) is 11.6. The molecule has 3 rings (SSSR count). The predicted octanol–water partition coefficient (Wildman–Crippen LogP) is 4.70. The van der Waals surface area contributed by atoms with Gasteiger partial charge in [-0.3, -0.25) is 0 Å². The van der Waals surface area contributed by atoms with Gasteiger partial charge in [-0.15, -0.1) is 11.3 Å². The first kappa shape index (κ1) is 12.1. The van der Waals surface area contributed by atoms with Crippen LogP contribution in [0.4, 0.5) is 0 Å². The zero-order valence-electron chi connectivity index (χ0n) is 10.8. The van der Waals surface area contributed by atoms with Crippen LogP contribution >= 0.6 is 11.3 Å². The van der Waals surface area contributed by atoms with Gasteiger partial charge in [-0.1, -0.05) is 45.9 Å². The highest BCUT2D eigenvalue weighted by Crippen LogP contribution is 2.33. The van der Waals surface area contributed by atoms with Gasteiger partial charge in [0.05, 0.1) is 5.52 Å². The molecule has 0 fully saturated rings. The molecular formula is C14H18N2S. The molecule has 0 aliphatic carbocycles. The van der Waals surface area contributed by atoms with Crippen molar-refractivity contribution in [1.82, 2.24) is 9.61 Å². The van der Waals surface area contributed by atoms with Crippen molar-refractivity contribution < 1.29 is 0 Å². The standard InChI is InChI=1S/C12H12N2S.C2H6/c1-8(2)11-9-5-3-4-6-10(9)14-12(11)15-7-13-14;1-2/h3-8H,1-2H3;1-2H3. The van der Waals surface area contributed by atoms with E-state index in [1.807, 2.05) is 19.4 Å². The second-order valence-electron chi connectivity index (χ2n) is 4.04. The lowest BCUT2D eigenvalue weighted by Gasteiger charge is -2.01. The van der Waals surface area contributed by atoms with Crippen LogP contribution in [0.25, 0.3) is 15.7 Å². The van der Waals surface area contributed by atoms with Gasteiger partial charge in [0.1, 0.15) is 10.3 Å². The highest BCUT2D eigenvalue weighted by Gasteiger charge is 2.15. The highest BCUT2D eigenvalue weighted by atomic mass is 32.1. The Kier molecular flexibility index (Phi) is 3.48. The topological polar surface area (TPSA) is 17.3 Å². The third-order valence-corrected chi connectivity index (χ3v) is 3.57. The molecule has 3 heteroatoms. The van der Waals surface area contributed by atoms with Gasteiger partial charge >= 0.3 is 0 Å². The number of rotatable bonds is 1. The molecule has 0 bridgehead atoms. The maximum Gasteiger partial charge on any atom is 0.123 e. The summed E-state index contributed by atoms with van der Waals surface area (Å²) in [6.45, 7) is 8.48. The minimum absolute atomic E-state index is 0.542. The summed E-state index contributed by atoms with van der Waals surface area (Å²) in [6.07, 6.45) is 0. The van der Waals surface area contributed by atoms with E-state index >= 15 is 0 Å². The van der Waals surface area contributed by atoms with Crippen molar-refractivity contribution in [2.75, 3.05) is 0 Å². The van der Waals surface area contributed by atoms with Crippen LogP contribution in [0.5, 0.6) is 0 Å². The molecular weight excluding hydrogens is 228 g/mol. The van der Waals surface area contributed by atoms with Crippen LogP contribution < -0.4 is 0 Å². The average molecular weight is 246 g/mol. The first-order valence-electron chi connectivity index (χ1n) is 6.12. The lowest BCUT2D eigenvalue weighted by molar-refractivity contribution is 0.882. The van der Waals surface area contributed by atoms with Crippen LogP contribution in [0.1, 0.15) is 39.2 Å². The fourth-order valence-corrected chi connectivity index (χ4v) is 3.09. The smallest absolute Gasteiger partial charge is 0.123 e. The molecule has 0 N–H and O–H groups in total. The van der Waals surface area contributed by atoms with Crippen molar-refractivity contribution in [3.63, 3.8) is 0 Å². The van der Waals surface area contributed by atoms with E-state index in [1.165, 1.54) is 21.3 Å². The molecule has 17 heavy (non-hydrogen) atoms. The average Bonchev–Trinajstić information content (AvgIpc) is 2.90. The van der Waals surface area contributed by atoms with Gasteiger partial charge in [-0.2, -0.15) is 5.10 Å². The number of para-hydroxylation sites is 1. The summed E-state index contributed by atoms with van der Waals surface area (Å²) in [7, 11) is 0. The number of aromatic nitrogens is 2.